The highest BCUT2D eigenvalue weighted by atomic mass is 32.1. The zero-order valence-corrected chi connectivity index (χ0v) is 11.5. The van der Waals surface area contributed by atoms with Crippen LogP contribution in [0.15, 0.2) is 22.7 Å². The van der Waals surface area contributed by atoms with Gasteiger partial charge in [0.05, 0.1) is 6.04 Å². The molecule has 1 heterocycles. The topological polar surface area (TPSA) is 87.7 Å². The average molecular weight is 281 g/mol. The van der Waals surface area contributed by atoms with Crippen LogP contribution in [0.1, 0.15) is 30.6 Å². The molecule has 1 fully saturated rings. The number of amides is 1. The van der Waals surface area contributed by atoms with E-state index in [1.54, 1.807) is 11.3 Å². The van der Waals surface area contributed by atoms with Crippen molar-refractivity contribution in [2.24, 2.45) is 16.8 Å². The van der Waals surface area contributed by atoms with Crippen molar-refractivity contribution in [3.8, 4) is 0 Å². The molecule has 1 aromatic heterocycles. The number of nitrogens with one attached hydrogen (secondary N) is 1. The first-order chi connectivity index (χ1) is 9.20. The number of amidine groups is 1. The maximum atomic E-state index is 11.8. The number of nitrogens with zero attached hydrogens (tertiary/aromatic N) is 1. The Morgan fingerprint density at radius 3 is 3.00 bits per heavy atom. The van der Waals surface area contributed by atoms with E-state index >= 15 is 0 Å². The number of carbonyl (C=O) groups excluding carboxylic acids is 1. The molecule has 0 saturated heterocycles. The SMILES string of the molecule is NC(=NO)C(NC(=O)CCCc1cccs1)C1CC1. The molecule has 0 aliphatic heterocycles. The van der Waals surface area contributed by atoms with Crippen molar-refractivity contribution in [1.29, 1.82) is 0 Å². The quantitative estimate of drug-likeness (QED) is 0.308. The first kappa shape index (κ1) is 13.9. The largest absolute Gasteiger partial charge is 0.409 e. The fourth-order valence-corrected chi connectivity index (χ4v) is 2.80. The fourth-order valence-electron chi connectivity index (χ4n) is 2.05. The third-order valence-electron chi connectivity index (χ3n) is 3.25. The highest BCUT2D eigenvalue weighted by Gasteiger charge is 2.35. The Bertz CT molecular complexity index is 441. The second-order valence-corrected chi connectivity index (χ2v) is 5.87. The van der Waals surface area contributed by atoms with Crippen LogP contribution in [0, 0.1) is 5.92 Å². The van der Waals surface area contributed by atoms with E-state index in [0.29, 0.717) is 12.3 Å². The lowest BCUT2D eigenvalue weighted by Crippen LogP contribution is -2.46. The van der Waals surface area contributed by atoms with Crippen molar-refractivity contribution < 1.29 is 10.0 Å². The van der Waals surface area contributed by atoms with Gasteiger partial charge in [0.1, 0.15) is 0 Å². The molecule has 1 aliphatic carbocycles. The van der Waals surface area contributed by atoms with Crippen LogP contribution in [-0.4, -0.2) is 23.0 Å². The highest BCUT2D eigenvalue weighted by molar-refractivity contribution is 7.09. The van der Waals surface area contributed by atoms with Gasteiger partial charge in [-0.3, -0.25) is 4.79 Å². The first-order valence-electron chi connectivity index (χ1n) is 6.50. The maximum absolute atomic E-state index is 11.8. The Balaban J connectivity index is 1.73. The summed E-state index contributed by atoms with van der Waals surface area (Å²) in [4.78, 5) is 13.1. The van der Waals surface area contributed by atoms with Gasteiger partial charge in [0.2, 0.25) is 5.91 Å². The van der Waals surface area contributed by atoms with Crippen molar-refractivity contribution in [3.05, 3.63) is 22.4 Å². The summed E-state index contributed by atoms with van der Waals surface area (Å²) < 4.78 is 0. The minimum Gasteiger partial charge on any atom is -0.409 e. The molecule has 5 nitrogen and oxygen atoms in total. The summed E-state index contributed by atoms with van der Waals surface area (Å²) in [5.74, 6) is 0.409. The van der Waals surface area contributed by atoms with Gasteiger partial charge >= 0.3 is 0 Å². The number of hydrogen-bond donors (Lipinski definition) is 3. The lowest BCUT2D eigenvalue weighted by molar-refractivity contribution is -0.121. The van der Waals surface area contributed by atoms with Gasteiger partial charge < -0.3 is 16.3 Å². The zero-order chi connectivity index (χ0) is 13.7. The minimum atomic E-state index is -0.306. The molecule has 0 bridgehead atoms. The third-order valence-corrected chi connectivity index (χ3v) is 4.19. The van der Waals surface area contributed by atoms with Gasteiger partial charge in [-0.15, -0.1) is 11.3 Å². The van der Waals surface area contributed by atoms with Crippen LogP contribution in [0.4, 0.5) is 0 Å². The Hall–Kier alpha value is -1.56. The van der Waals surface area contributed by atoms with Crippen LogP contribution in [-0.2, 0) is 11.2 Å². The molecule has 1 aliphatic rings. The number of oxime groups is 1. The van der Waals surface area contributed by atoms with Crippen molar-refractivity contribution in [2.75, 3.05) is 0 Å². The number of rotatable bonds is 7. The molecule has 1 unspecified atom stereocenters. The number of carbonyl (C=O) groups is 1. The molecular formula is C13H19N3O2S. The molecule has 6 heteroatoms. The monoisotopic (exact) mass is 281 g/mol. The molecular weight excluding hydrogens is 262 g/mol. The molecule has 0 radical (unpaired) electrons. The molecule has 1 atom stereocenters. The summed E-state index contributed by atoms with van der Waals surface area (Å²) in [6, 6.07) is 3.78. The third kappa shape index (κ3) is 4.24. The van der Waals surface area contributed by atoms with Gasteiger partial charge in [0, 0.05) is 11.3 Å². The Kier molecular flexibility index (Phi) is 4.79. The Morgan fingerprint density at radius 1 is 1.63 bits per heavy atom. The van der Waals surface area contributed by atoms with E-state index in [-0.39, 0.29) is 17.8 Å². The number of aryl methyl sites for hydroxylation is 1. The van der Waals surface area contributed by atoms with Gasteiger partial charge in [-0.25, -0.2) is 0 Å². The van der Waals surface area contributed by atoms with Crippen LogP contribution in [0.3, 0.4) is 0 Å². The minimum absolute atomic E-state index is 0.0277. The van der Waals surface area contributed by atoms with Crippen LogP contribution in [0.2, 0.25) is 0 Å². The summed E-state index contributed by atoms with van der Waals surface area (Å²) in [6.07, 6.45) is 4.26. The van der Waals surface area contributed by atoms with E-state index in [4.69, 9.17) is 10.9 Å². The smallest absolute Gasteiger partial charge is 0.220 e. The van der Waals surface area contributed by atoms with Gasteiger partial charge in [0.25, 0.3) is 0 Å². The molecule has 19 heavy (non-hydrogen) atoms. The van der Waals surface area contributed by atoms with Crippen molar-refractivity contribution in [3.63, 3.8) is 0 Å². The van der Waals surface area contributed by atoms with Gasteiger partial charge in [-0.05, 0) is 43.0 Å². The maximum Gasteiger partial charge on any atom is 0.220 e. The predicted molar refractivity (Wildman–Crippen MR) is 75.3 cm³/mol. The van der Waals surface area contributed by atoms with E-state index in [1.807, 2.05) is 11.4 Å². The van der Waals surface area contributed by atoms with Crippen LogP contribution < -0.4 is 11.1 Å². The first-order valence-corrected chi connectivity index (χ1v) is 7.38. The van der Waals surface area contributed by atoms with Crippen LogP contribution in [0.25, 0.3) is 0 Å². The molecule has 0 spiro atoms. The second kappa shape index (κ2) is 6.56. The second-order valence-electron chi connectivity index (χ2n) is 4.84. The van der Waals surface area contributed by atoms with E-state index < -0.39 is 0 Å². The van der Waals surface area contributed by atoms with Crippen LogP contribution in [0.5, 0.6) is 0 Å². The summed E-state index contributed by atoms with van der Waals surface area (Å²) in [5.41, 5.74) is 5.60. The normalized spacial score (nSPS) is 17.2. The molecule has 104 valence electrons. The Morgan fingerprint density at radius 2 is 2.42 bits per heavy atom. The van der Waals surface area contributed by atoms with Gasteiger partial charge in [-0.1, -0.05) is 11.2 Å². The summed E-state index contributed by atoms with van der Waals surface area (Å²) in [5, 5.41) is 16.6. The zero-order valence-electron chi connectivity index (χ0n) is 10.7. The van der Waals surface area contributed by atoms with Crippen molar-refractivity contribution >= 4 is 23.1 Å². The van der Waals surface area contributed by atoms with Crippen molar-refractivity contribution in [2.45, 2.75) is 38.1 Å². The van der Waals surface area contributed by atoms with E-state index in [9.17, 15) is 4.79 Å². The average Bonchev–Trinajstić information content (AvgIpc) is 3.12. The molecule has 1 saturated carbocycles. The van der Waals surface area contributed by atoms with Gasteiger partial charge in [-0.2, -0.15) is 0 Å². The summed E-state index contributed by atoms with van der Waals surface area (Å²) >= 11 is 1.71. The Labute approximate surface area is 116 Å². The van der Waals surface area contributed by atoms with E-state index in [2.05, 4.69) is 16.5 Å². The predicted octanol–water partition coefficient (Wildman–Crippen LogP) is 1.71. The van der Waals surface area contributed by atoms with Gasteiger partial charge in [0.15, 0.2) is 5.84 Å². The lowest BCUT2D eigenvalue weighted by Gasteiger charge is -2.16. The molecule has 1 amide bonds. The summed E-state index contributed by atoms with van der Waals surface area (Å²) in [6.45, 7) is 0. The highest BCUT2D eigenvalue weighted by Crippen LogP contribution is 2.32. The molecule has 0 aromatic carbocycles. The standard InChI is InChI=1S/C13H19N3O2S/c14-13(16-18)12(9-6-7-9)15-11(17)5-1-3-10-4-2-8-19-10/h2,4,8-9,12,18H,1,3,5-7H2,(H2,14,16)(H,15,17). The molecule has 2 rings (SSSR count). The fraction of sp³-hybridized carbons (Fsp3) is 0.538. The van der Waals surface area contributed by atoms with E-state index in [1.165, 1.54) is 4.88 Å². The number of nitrogens with two attached hydrogens (primary N) is 1. The number of hydrogen-bond acceptors (Lipinski definition) is 4. The van der Waals surface area contributed by atoms with Crippen LogP contribution >= 0.6 is 11.3 Å². The van der Waals surface area contributed by atoms with E-state index in [0.717, 1.165) is 25.7 Å². The molecule has 1 aromatic rings. The summed E-state index contributed by atoms with van der Waals surface area (Å²) in [7, 11) is 0. The van der Waals surface area contributed by atoms with Crippen molar-refractivity contribution in [1.82, 2.24) is 5.32 Å². The lowest BCUT2D eigenvalue weighted by atomic mass is 10.1. The number of thiophene rings is 1. The molecule has 4 N–H and O–H groups in total.